The van der Waals surface area contributed by atoms with Crippen LogP contribution in [-0.4, -0.2) is 56.8 Å². The molecule has 0 heterocycles. The third-order valence-electron chi connectivity index (χ3n) is 11.7. The third-order valence-corrected chi connectivity index (χ3v) is 11.7. The van der Waals surface area contributed by atoms with Crippen molar-refractivity contribution in [2.75, 3.05) is 0 Å². The summed E-state index contributed by atoms with van der Waals surface area (Å²) in [5.41, 5.74) is 0.534. The summed E-state index contributed by atoms with van der Waals surface area (Å²) in [5, 5.41) is 44.6. The Morgan fingerprint density at radius 1 is 1.05 bits per heavy atom. The number of carbonyl (C=O) groups is 2. The number of esters is 1. The monoisotopic (exact) mass is 532 g/mol. The molecule has 214 valence electrons. The van der Waals surface area contributed by atoms with Crippen molar-refractivity contribution in [2.45, 2.75) is 118 Å². The molecule has 4 saturated carbocycles. The van der Waals surface area contributed by atoms with Gasteiger partial charge in [-0.05, 0) is 98.9 Å². The fourth-order valence-corrected chi connectivity index (χ4v) is 9.84. The van der Waals surface area contributed by atoms with Gasteiger partial charge in [0.2, 0.25) is 0 Å². The standard InChI is InChI=1S/C31H48O7/c1-16(2)9-8-10-19(28(36)37)24-20-11-12-23-29(5)14-13-21(33)17(3)25(29)26(34)27(35)31(23,7)30(20,6)15-22(24)38-18(4)32/h9,17,20-23,25-27,33-35H,8,10-15H2,1-7H3,(H,36,37)/t17-,20+,21-,22+,23+,25-,26-,27+,29-,30+,31-/m1/s1. The van der Waals surface area contributed by atoms with Crippen LogP contribution < -0.4 is 0 Å². The number of aliphatic hydroxyl groups is 3. The highest BCUT2D eigenvalue weighted by atomic mass is 16.5. The second kappa shape index (κ2) is 10.0. The van der Waals surface area contributed by atoms with Gasteiger partial charge in [0.1, 0.15) is 6.10 Å². The zero-order valence-corrected chi connectivity index (χ0v) is 24.2. The summed E-state index contributed by atoms with van der Waals surface area (Å²) in [6, 6.07) is 0. The highest BCUT2D eigenvalue weighted by Gasteiger charge is 2.73. The van der Waals surface area contributed by atoms with Gasteiger partial charge >= 0.3 is 11.9 Å². The van der Waals surface area contributed by atoms with E-state index in [9.17, 15) is 30.0 Å². The van der Waals surface area contributed by atoms with E-state index < -0.39 is 47.2 Å². The van der Waals surface area contributed by atoms with Crippen molar-refractivity contribution >= 4 is 11.9 Å². The topological polar surface area (TPSA) is 124 Å². The minimum absolute atomic E-state index is 0.0749. The molecule has 0 radical (unpaired) electrons. The molecule has 4 rings (SSSR count). The Bertz CT molecular complexity index is 1030. The second-order valence-electron chi connectivity index (χ2n) is 13.7. The summed E-state index contributed by atoms with van der Waals surface area (Å²) in [6.07, 6.45) is 3.13. The van der Waals surface area contributed by atoms with E-state index in [4.69, 9.17) is 4.74 Å². The number of carboxylic acids is 1. The van der Waals surface area contributed by atoms with E-state index in [1.54, 1.807) is 0 Å². The molecule has 0 saturated heterocycles. The molecule has 0 bridgehead atoms. The minimum atomic E-state index is -1.04. The molecule has 0 unspecified atom stereocenters. The number of aliphatic carboxylic acids is 1. The molecule has 4 aliphatic carbocycles. The number of rotatable bonds is 5. The fourth-order valence-electron chi connectivity index (χ4n) is 9.84. The number of aliphatic hydroxyl groups excluding tert-OH is 3. The van der Waals surface area contributed by atoms with Gasteiger partial charge in [0.25, 0.3) is 0 Å². The van der Waals surface area contributed by atoms with E-state index in [-0.39, 0.29) is 29.1 Å². The van der Waals surface area contributed by atoms with Crippen LogP contribution in [0.3, 0.4) is 0 Å². The number of hydrogen-bond acceptors (Lipinski definition) is 6. The lowest BCUT2D eigenvalue weighted by Crippen LogP contribution is -2.71. The third kappa shape index (κ3) is 4.19. The van der Waals surface area contributed by atoms with Crippen molar-refractivity contribution in [3.05, 3.63) is 22.8 Å². The van der Waals surface area contributed by atoms with Crippen molar-refractivity contribution in [1.82, 2.24) is 0 Å². The van der Waals surface area contributed by atoms with Crippen LogP contribution in [0.1, 0.15) is 93.4 Å². The first-order valence-corrected chi connectivity index (χ1v) is 14.4. The molecule has 0 aromatic heterocycles. The number of ether oxygens (including phenoxy) is 1. The van der Waals surface area contributed by atoms with E-state index in [0.29, 0.717) is 36.8 Å². The number of carboxylic acid groups (broad SMARTS) is 1. The van der Waals surface area contributed by atoms with Crippen LogP contribution >= 0.6 is 0 Å². The minimum Gasteiger partial charge on any atom is -0.478 e. The molecule has 4 fully saturated rings. The molecular weight excluding hydrogens is 484 g/mol. The van der Waals surface area contributed by atoms with Gasteiger partial charge in [-0.25, -0.2) is 4.79 Å². The Morgan fingerprint density at radius 3 is 2.29 bits per heavy atom. The van der Waals surface area contributed by atoms with Crippen LogP contribution in [0.4, 0.5) is 0 Å². The van der Waals surface area contributed by atoms with E-state index in [0.717, 1.165) is 24.8 Å². The van der Waals surface area contributed by atoms with Crippen LogP contribution in [-0.2, 0) is 14.3 Å². The largest absolute Gasteiger partial charge is 0.478 e. The van der Waals surface area contributed by atoms with Crippen LogP contribution in [0, 0.1) is 39.9 Å². The van der Waals surface area contributed by atoms with Crippen LogP contribution in [0.25, 0.3) is 0 Å². The van der Waals surface area contributed by atoms with Crippen LogP contribution in [0.2, 0.25) is 0 Å². The normalized spacial score (nSPS) is 47.3. The first-order chi connectivity index (χ1) is 17.6. The second-order valence-corrected chi connectivity index (χ2v) is 13.7. The highest BCUT2D eigenvalue weighted by Crippen LogP contribution is 2.74. The number of carbonyl (C=O) groups excluding carboxylic acids is 1. The molecule has 0 aliphatic heterocycles. The maximum absolute atomic E-state index is 12.6. The van der Waals surface area contributed by atoms with E-state index >= 15 is 0 Å². The Labute approximate surface area is 227 Å². The van der Waals surface area contributed by atoms with E-state index in [2.05, 4.69) is 20.8 Å². The Morgan fingerprint density at radius 2 is 1.71 bits per heavy atom. The van der Waals surface area contributed by atoms with Crippen LogP contribution in [0.5, 0.6) is 0 Å². The molecule has 0 amide bonds. The zero-order chi connectivity index (χ0) is 28.4. The number of allylic oxidation sites excluding steroid dienone is 2. The van der Waals surface area contributed by atoms with Gasteiger partial charge in [0.05, 0.1) is 18.3 Å². The number of hydrogen-bond donors (Lipinski definition) is 4. The summed E-state index contributed by atoms with van der Waals surface area (Å²) in [7, 11) is 0. The quantitative estimate of drug-likeness (QED) is 0.231. The molecular formula is C31H48O7. The highest BCUT2D eigenvalue weighted by molar-refractivity contribution is 5.88. The van der Waals surface area contributed by atoms with Gasteiger partial charge in [-0.3, -0.25) is 4.79 Å². The smallest absolute Gasteiger partial charge is 0.331 e. The molecule has 7 nitrogen and oxygen atoms in total. The van der Waals surface area contributed by atoms with Gasteiger partial charge in [0, 0.05) is 17.9 Å². The van der Waals surface area contributed by atoms with Crippen molar-refractivity contribution in [2.24, 2.45) is 39.9 Å². The van der Waals surface area contributed by atoms with Gasteiger partial charge in [-0.1, -0.05) is 39.3 Å². The summed E-state index contributed by atoms with van der Waals surface area (Å²) in [4.78, 5) is 24.8. The molecule has 4 N–H and O–H groups in total. The first kappa shape index (κ1) is 29.3. The predicted octanol–water partition coefficient (Wildman–Crippen LogP) is 4.64. The summed E-state index contributed by atoms with van der Waals surface area (Å²) in [5.74, 6) is -1.89. The van der Waals surface area contributed by atoms with Crippen molar-refractivity contribution in [3.8, 4) is 0 Å². The average Bonchev–Trinajstić information content (AvgIpc) is 3.09. The van der Waals surface area contributed by atoms with Gasteiger partial charge in [0.15, 0.2) is 0 Å². The van der Waals surface area contributed by atoms with Crippen molar-refractivity contribution in [1.29, 1.82) is 0 Å². The first-order valence-electron chi connectivity index (χ1n) is 14.4. The molecule has 11 atom stereocenters. The zero-order valence-electron chi connectivity index (χ0n) is 24.2. The van der Waals surface area contributed by atoms with Crippen molar-refractivity contribution < 1.29 is 34.8 Å². The van der Waals surface area contributed by atoms with Gasteiger partial charge < -0.3 is 25.2 Å². The lowest BCUT2D eigenvalue weighted by molar-refractivity contribution is -0.284. The molecule has 0 spiro atoms. The lowest BCUT2D eigenvalue weighted by Gasteiger charge is -2.70. The maximum atomic E-state index is 12.6. The average molecular weight is 533 g/mol. The molecule has 0 aromatic rings. The summed E-state index contributed by atoms with van der Waals surface area (Å²) < 4.78 is 5.84. The van der Waals surface area contributed by atoms with Gasteiger partial charge in [-0.15, -0.1) is 0 Å². The molecule has 0 aromatic carbocycles. The Balaban J connectivity index is 1.85. The maximum Gasteiger partial charge on any atom is 0.331 e. The van der Waals surface area contributed by atoms with Crippen molar-refractivity contribution in [3.63, 3.8) is 0 Å². The SMILES string of the molecule is CC(=O)O[C@H]1C[C@@]2(C)[C@@H](CC[C@H]3[C@@]4(C)CC[C@@H](O)[C@@H](C)[C@@H]4[C@@H](O)[C@H](O)[C@@]32C)C1=C(CCC=C(C)C)C(=O)O. The summed E-state index contributed by atoms with van der Waals surface area (Å²) in [6.45, 7) is 13.7. The molecule has 38 heavy (non-hydrogen) atoms. The van der Waals surface area contributed by atoms with E-state index in [1.165, 1.54) is 6.92 Å². The number of fused-ring (bicyclic) bond motifs is 5. The predicted molar refractivity (Wildman–Crippen MR) is 144 cm³/mol. The van der Waals surface area contributed by atoms with E-state index in [1.807, 2.05) is 26.8 Å². The Kier molecular flexibility index (Phi) is 7.74. The fraction of sp³-hybridized carbons (Fsp3) is 0.806. The summed E-state index contributed by atoms with van der Waals surface area (Å²) >= 11 is 0. The Hall–Kier alpha value is -1.70. The van der Waals surface area contributed by atoms with Gasteiger partial charge in [-0.2, -0.15) is 0 Å². The molecule has 7 heteroatoms. The lowest BCUT2D eigenvalue weighted by atomic mass is 9.35. The molecule has 4 aliphatic rings. The van der Waals surface area contributed by atoms with Crippen LogP contribution in [0.15, 0.2) is 22.8 Å².